The van der Waals surface area contributed by atoms with Crippen LogP contribution in [0.1, 0.15) is 49.1 Å². The normalized spacial score (nSPS) is 15.4. The average molecular weight is 265 g/mol. The van der Waals surface area contributed by atoms with Crippen molar-refractivity contribution in [1.29, 1.82) is 0 Å². The molecule has 0 aliphatic rings. The molecule has 0 fully saturated rings. The molecule has 108 valence electrons. The van der Waals surface area contributed by atoms with Crippen molar-refractivity contribution < 1.29 is 10.2 Å². The summed E-state index contributed by atoms with van der Waals surface area (Å²) < 4.78 is 0. The molecule has 0 heterocycles. The maximum absolute atomic E-state index is 10.6. The summed E-state index contributed by atoms with van der Waals surface area (Å²) in [5.74, 6) is 0. The van der Waals surface area contributed by atoms with Crippen LogP contribution < -0.4 is 5.32 Å². The van der Waals surface area contributed by atoms with E-state index in [2.05, 4.69) is 24.4 Å². The number of benzene rings is 1. The number of rotatable bonds is 5. The molecule has 0 aliphatic heterocycles. The van der Waals surface area contributed by atoms with Crippen molar-refractivity contribution in [2.24, 2.45) is 0 Å². The highest BCUT2D eigenvalue weighted by atomic mass is 16.3. The lowest BCUT2D eigenvalue weighted by Gasteiger charge is -2.32. The second-order valence-electron chi connectivity index (χ2n) is 6.23. The average Bonchev–Trinajstić information content (AvgIpc) is 2.26. The van der Waals surface area contributed by atoms with E-state index in [0.29, 0.717) is 0 Å². The van der Waals surface area contributed by atoms with Crippen LogP contribution in [0.4, 0.5) is 0 Å². The van der Waals surface area contributed by atoms with Crippen molar-refractivity contribution in [3.8, 4) is 0 Å². The lowest BCUT2D eigenvalue weighted by atomic mass is 9.91. The lowest BCUT2D eigenvalue weighted by molar-refractivity contribution is 0.0983. The molecule has 2 unspecified atom stereocenters. The molecule has 0 saturated carbocycles. The van der Waals surface area contributed by atoms with Gasteiger partial charge in [-0.25, -0.2) is 0 Å². The van der Waals surface area contributed by atoms with Crippen molar-refractivity contribution >= 4 is 0 Å². The molecule has 1 aromatic carbocycles. The van der Waals surface area contributed by atoms with Crippen LogP contribution in [0.25, 0.3) is 0 Å². The molecule has 0 spiro atoms. The summed E-state index contributed by atoms with van der Waals surface area (Å²) in [7, 11) is 0. The van der Waals surface area contributed by atoms with Gasteiger partial charge in [-0.3, -0.25) is 0 Å². The Kier molecular flexibility index (Phi) is 5.13. The second kappa shape index (κ2) is 6.04. The first kappa shape index (κ1) is 16.2. The molecular weight excluding hydrogens is 238 g/mol. The fraction of sp³-hybridized carbons (Fsp3) is 0.625. The number of hydrogen-bond acceptors (Lipinski definition) is 3. The SMILES string of the molecule is Cc1cc(C)c(C(O)C(C)NC(C)(C)CO)c(C)c1. The summed E-state index contributed by atoms with van der Waals surface area (Å²) in [5, 5.41) is 23.1. The minimum absolute atomic E-state index is 0.0376. The van der Waals surface area contributed by atoms with Gasteiger partial charge in [0.25, 0.3) is 0 Å². The Bertz CT molecular complexity index is 417. The van der Waals surface area contributed by atoms with Gasteiger partial charge in [-0.05, 0) is 58.2 Å². The Morgan fingerprint density at radius 1 is 1.16 bits per heavy atom. The highest BCUT2D eigenvalue weighted by Crippen LogP contribution is 2.26. The zero-order valence-electron chi connectivity index (χ0n) is 12.9. The van der Waals surface area contributed by atoms with Crippen LogP contribution in [0.15, 0.2) is 12.1 Å². The quantitative estimate of drug-likeness (QED) is 0.766. The van der Waals surface area contributed by atoms with Gasteiger partial charge in [0.1, 0.15) is 0 Å². The van der Waals surface area contributed by atoms with Crippen molar-refractivity contribution in [1.82, 2.24) is 5.32 Å². The molecule has 0 aromatic heterocycles. The summed E-state index contributed by atoms with van der Waals surface area (Å²) in [4.78, 5) is 0. The summed E-state index contributed by atoms with van der Waals surface area (Å²) in [6.07, 6.45) is -0.577. The Hall–Kier alpha value is -0.900. The fourth-order valence-electron chi connectivity index (χ4n) is 2.65. The molecule has 1 aromatic rings. The molecule has 3 heteroatoms. The second-order valence-corrected chi connectivity index (χ2v) is 6.23. The third-order valence-corrected chi connectivity index (χ3v) is 3.52. The summed E-state index contributed by atoms with van der Waals surface area (Å²) >= 11 is 0. The smallest absolute Gasteiger partial charge is 0.0945 e. The molecule has 0 bridgehead atoms. The number of aryl methyl sites for hydroxylation is 3. The van der Waals surface area contributed by atoms with Gasteiger partial charge in [-0.15, -0.1) is 0 Å². The largest absolute Gasteiger partial charge is 0.394 e. The lowest BCUT2D eigenvalue weighted by Crippen LogP contribution is -2.49. The maximum Gasteiger partial charge on any atom is 0.0945 e. The molecule has 0 aliphatic carbocycles. The van der Waals surface area contributed by atoms with Crippen molar-refractivity contribution in [3.05, 3.63) is 34.4 Å². The molecule has 0 amide bonds. The molecule has 0 radical (unpaired) electrons. The fourth-order valence-corrected chi connectivity index (χ4v) is 2.65. The van der Waals surface area contributed by atoms with Crippen LogP contribution in [-0.4, -0.2) is 28.4 Å². The van der Waals surface area contributed by atoms with E-state index >= 15 is 0 Å². The Morgan fingerprint density at radius 3 is 2.05 bits per heavy atom. The predicted molar refractivity (Wildman–Crippen MR) is 79.4 cm³/mol. The first-order chi connectivity index (χ1) is 8.68. The van der Waals surface area contributed by atoms with Gasteiger partial charge in [-0.1, -0.05) is 17.7 Å². The third-order valence-electron chi connectivity index (χ3n) is 3.52. The van der Waals surface area contributed by atoms with Crippen LogP contribution in [0.2, 0.25) is 0 Å². The first-order valence-corrected chi connectivity index (χ1v) is 6.82. The van der Waals surface area contributed by atoms with Gasteiger partial charge < -0.3 is 15.5 Å². The van der Waals surface area contributed by atoms with Crippen LogP contribution in [0.3, 0.4) is 0 Å². The number of nitrogens with one attached hydrogen (secondary N) is 1. The highest BCUT2D eigenvalue weighted by Gasteiger charge is 2.26. The highest BCUT2D eigenvalue weighted by molar-refractivity contribution is 5.39. The molecule has 0 saturated heterocycles. The molecule has 3 nitrogen and oxygen atoms in total. The molecule has 19 heavy (non-hydrogen) atoms. The zero-order valence-corrected chi connectivity index (χ0v) is 12.9. The van der Waals surface area contributed by atoms with Crippen LogP contribution in [0, 0.1) is 20.8 Å². The molecule has 1 rings (SSSR count). The number of hydrogen-bond donors (Lipinski definition) is 3. The number of aliphatic hydroxyl groups excluding tert-OH is 2. The van der Waals surface area contributed by atoms with Crippen LogP contribution >= 0.6 is 0 Å². The standard InChI is InChI=1S/C16H27NO2/c1-10-7-11(2)14(12(3)8-10)15(19)13(4)17-16(5,6)9-18/h7-8,13,15,17-19H,9H2,1-6H3. The summed E-state index contributed by atoms with van der Waals surface area (Å²) in [5.41, 5.74) is 4.02. The van der Waals surface area contributed by atoms with Gasteiger partial charge >= 0.3 is 0 Å². The maximum atomic E-state index is 10.6. The van der Waals surface area contributed by atoms with Crippen LogP contribution in [0.5, 0.6) is 0 Å². The molecule has 3 N–H and O–H groups in total. The van der Waals surface area contributed by atoms with Crippen molar-refractivity contribution in [2.45, 2.75) is 59.2 Å². The van der Waals surface area contributed by atoms with Gasteiger partial charge in [0.2, 0.25) is 0 Å². The van der Waals surface area contributed by atoms with E-state index in [1.807, 2.05) is 34.6 Å². The predicted octanol–water partition coefficient (Wildman–Crippen LogP) is 2.39. The van der Waals surface area contributed by atoms with Crippen molar-refractivity contribution in [2.75, 3.05) is 6.61 Å². The van der Waals surface area contributed by atoms with Crippen molar-refractivity contribution in [3.63, 3.8) is 0 Å². The van der Waals surface area contributed by atoms with Gasteiger partial charge in [0.05, 0.1) is 12.7 Å². The van der Waals surface area contributed by atoms with Gasteiger partial charge in [-0.2, -0.15) is 0 Å². The molecule has 2 atom stereocenters. The minimum Gasteiger partial charge on any atom is -0.394 e. The zero-order chi connectivity index (χ0) is 14.8. The van der Waals surface area contributed by atoms with Gasteiger partial charge in [0, 0.05) is 11.6 Å². The Balaban J connectivity index is 2.97. The van der Waals surface area contributed by atoms with E-state index in [-0.39, 0.29) is 12.6 Å². The molecular formula is C16H27NO2. The monoisotopic (exact) mass is 265 g/mol. The van der Waals surface area contributed by atoms with Gasteiger partial charge in [0.15, 0.2) is 0 Å². The van der Waals surface area contributed by atoms with Crippen LogP contribution in [-0.2, 0) is 0 Å². The van der Waals surface area contributed by atoms with E-state index in [4.69, 9.17) is 0 Å². The van der Waals surface area contributed by atoms with E-state index in [1.54, 1.807) is 0 Å². The summed E-state index contributed by atoms with van der Waals surface area (Å²) in [6.45, 7) is 11.9. The van der Waals surface area contributed by atoms with E-state index in [9.17, 15) is 10.2 Å². The van der Waals surface area contributed by atoms with E-state index in [1.165, 1.54) is 5.56 Å². The third kappa shape index (κ3) is 4.03. The Labute approximate surface area is 116 Å². The topological polar surface area (TPSA) is 52.5 Å². The Morgan fingerprint density at radius 2 is 1.63 bits per heavy atom. The first-order valence-electron chi connectivity index (χ1n) is 6.82. The minimum atomic E-state index is -0.577. The van der Waals surface area contributed by atoms with E-state index < -0.39 is 11.6 Å². The summed E-state index contributed by atoms with van der Waals surface area (Å²) in [6, 6.07) is 4.06. The van der Waals surface area contributed by atoms with E-state index in [0.717, 1.165) is 16.7 Å². The number of aliphatic hydroxyl groups is 2.